The normalized spacial score (nSPS) is 11.6. The van der Waals surface area contributed by atoms with Crippen molar-refractivity contribution in [3.8, 4) is 55.9 Å². The number of nitrogens with zero attached hydrogens (tertiary/aromatic N) is 2. The van der Waals surface area contributed by atoms with E-state index in [4.69, 9.17) is 0 Å². The van der Waals surface area contributed by atoms with Gasteiger partial charge >= 0.3 is 0 Å². The molecule has 0 radical (unpaired) electrons. The Bertz CT molecular complexity index is 3190. The summed E-state index contributed by atoms with van der Waals surface area (Å²) in [6.45, 7) is 0. The molecule has 2 nitrogen and oxygen atoms in total. The number of fused-ring (bicyclic) bond motifs is 6. The molecule has 2 heterocycles. The molecule has 2 aromatic heterocycles. The Morgan fingerprint density at radius 2 is 0.500 bits per heavy atom. The van der Waals surface area contributed by atoms with Crippen LogP contribution in [0.25, 0.3) is 99.5 Å². The van der Waals surface area contributed by atoms with Gasteiger partial charge in [-0.2, -0.15) is 0 Å². The van der Waals surface area contributed by atoms with Crippen molar-refractivity contribution >= 4 is 43.6 Å². The Morgan fingerprint density at radius 3 is 1.00 bits per heavy atom. The van der Waals surface area contributed by atoms with Crippen LogP contribution in [-0.4, -0.2) is 9.13 Å². The number of rotatable bonds is 6. The molecular weight excluding hydrogens is 677 g/mol. The molecule has 0 fully saturated rings. The zero-order chi connectivity index (χ0) is 37.0. The summed E-state index contributed by atoms with van der Waals surface area (Å²) >= 11 is 0. The van der Waals surface area contributed by atoms with Crippen molar-refractivity contribution in [3.05, 3.63) is 218 Å². The van der Waals surface area contributed by atoms with E-state index >= 15 is 0 Å². The monoisotopic (exact) mass is 712 g/mol. The summed E-state index contributed by atoms with van der Waals surface area (Å²) < 4.78 is 4.78. The van der Waals surface area contributed by atoms with Gasteiger partial charge in [0, 0.05) is 32.9 Å². The lowest BCUT2D eigenvalue weighted by atomic mass is 9.97. The molecule has 0 unspecified atom stereocenters. The van der Waals surface area contributed by atoms with E-state index in [1.165, 1.54) is 93.8 Å². The van der Waals surface area contributed by atoms with Crippen LogP contribution in [0, 0.1) is 0 Å². The first kappa shape index (κ1) is 32.0. The van der Waals surface area contributed by atoms with Crippen LogP contribution < -0.4 is 0 Å². The van der Waals surface area contributed by atoms with Gasteiger partial charge in [0.2, 0.25) is 0 Å². The molecular formula is C54H36N2. The first-order valence-corrected chi connectivity index (χ1v) is 19.3. The Hall–Kier alpha value is -7.42. The van der Waals surface area contributed by atoms with E-state index in [0.717, 1.165) is 5.69 Å². The topological polar surface area (TPSA) is 9.86 Å². The zero-order valence-corrected chi connectivity index (χ0v) is 30.7. The van der Waals surface area contributed by atoms with Crippen LogP contribution in [0.5, 0.6) is 0 Å². The quantitative estimate of drug-likeness (QED) is 0.162. The minimum Gasteiger partial charge on any atom is -0.309 e. The SMILES string of the molecule is c1ccc(-c2ccc(-n3c4ccc(-c5ccccc5)cc4c4cc(-c5ccc(-c6ccc7c(c6)c6ccccc6n7-c6ccccc6)cc5)ccc43)cc2)cc1. The predicted molar refractivity (Wildman–Crippen MR) is 237 cm³/mol. The first-order chi connectivity index (χ1) is 27.8. The fourth-order valence-corrected chi connectivity index (χ4v) is 8.59. The lowest BCUT2D eigenvalue weighted by molar-refractivity contribution is 1.18. The molecule has 0 atom stereocenters. The molecule has 0 saturated heterocycles. The van der Waals surface area contributed by atoms with E-state index in [1.54, 1.807) is 0 Å². The van der Waals surface area contributed by atoms with Crippen molar-refractivity contribution in [2.45, 2.75) is 0 Å². The summed E-state index contributed by atoms with van der Waals surface area (Å²) in [5, 5.41) is 5.01. The minimum atomic E-state index is 1.15. The first-order valence-electron chi connectivity index (χ1n) is 19.3. The molecule has 0 aliphatic carbocycles. The standard InChI is InChI=1S/C54H36N2/c1-4-12-37(13-5-1)39-24-29-46(30-25-39)56-53-32-26-42(38-14-6-2-7-15-38)35-49(53)50-36-44(28-33-54(50)56)41-22-20-40(21-23-41)43-27-31-52-48(34-43)47-18-10-11-19-51(47)55(52)45-16-8-3-9-17-45/h1-36H. The van der Waals surface area contributed by atoms with E-state index in [0.29, 0.717) is 0 Å². The second kappa shape index (κ2) is 13.2. The van der Waals surface area contributed by atoms with Crippen molar-refractivity contribution in [1.29, 1.82) is 0 Å². The van der Waals surface area contributed by atoms with Gasteiger partial charge in [0.1, 0.15) is 0 Å². The van der Waals surface area contributed by atoms with E-state index in [-0.39, 0.29) is 0 Å². The molecule has 0 saturated carbocycles. The second-order valence-corrected chi connectivity index (χ2v) is 14.6. The third kappa shape index (κ3) is 5.34. The van der Waals surface area contributed by atoms with Gasteiger partial charge in [-0.3, -0.25) is 0 Å². The van der Waals surface area contributed by atoms with Gasteiger partial charge in [-0.1, -0.05) is 152 Å². The summed E-state index contributed by atoms with van der Waals surface area (Å²) in [5.41, 5.74) is 16.8. The van der Waals surface area contributed by atoms with Crippen LogP contribution >= 0.6 is 0 Å². The van der Waals surface area contributed by atoms with Crippen LogP contribution in [0.2, 0.25) is 0 Å². The summed E-state index contributed by atoms with van der Waals surface area (Å²) in [5.74, 6) is 0. The van der Waals surface area contributed by atoms with Gasteiger partial charge in [-0.05, 0) is 111 Å². The van der Waals surface area contributed by atoms with Crippen molar-refractivity contribution in [3.63, 3.8) is 0 Å². The summed E-state index contributed by atoms with van der Waals surface area (Å²) in [7, 11) is 0. The second-order valence-electron chi connectivity index (χ2n) is 14.6. The van der Waals surface area contributed by atoms with Crippen molar-refractivity contribution in [2.75, 3.05) is 0 Å². The van der Waals surface area contributed by atoms with Gasteiger partial charge in [-0.15, -0.1) is 0 Å². The van der Waals surface area contributed by atoms with E-state index in [9.17, 15) is 0 Å². The van der Waals surface area contributed by atoms with Crippen LogP contribution in [0.3, 0.4) is 0 Å². The largest absolute Gasteiger partial charge is 0.309 e. The summed E-state index contributed by atoms with van der Waals surface area (Å²) in [6.07, 6.45) is 0. The minimum absolute atomic E-state index is 1.15. The average Bonchev–Trinajstić information content (AvgIpc) is 3.79. The number of para-hydroxylation sites is 2. The number of benzene rings is 9. The van der Waals surface area contributed by atoms with Crippen molar-refractivity contribution in [2.24, 2.45) is 0 Å². The highest BCUT2D eigenvalue weighted by Crippen LogP contribution is 2.39. The third-order valence-electron chi connectivity index (χ3n) is 11.3. The van der Waals surface area contributed by atoms with Crippen molar-refractivity contribution in [1.82, 2.24) is 9.13 Å². The van der Waals surface area contributed by atoms with Gasteiger partial charge < -0.3 is 9.13 Å². The molecule has 11 aromatic rings. The maximum absolute atomic E-state index is 2.41. The number of aromatic nitrogens is 2. The van der Waals surface area contributed by atoms with Crippen LogP contribution in [0.15, 0.2) is 218 Å². The molecule has 0 aliphatic heterocycles. The molecule has 0 amide bonds. The van der Waals surface area contributed by atoms with E-state index in [2.05, 4.69) is 228 Å². The highest BCUT2D eigenvalue weighted by Gasteiger charge is 2.16. The lowest BCUT2D eigenvalue weighted by Crippen LogP contribution is -1.94. The highest BCUT2D eigenvalue weighted by atomic mass is 15.0. The maximum atomic E-state index is 2.41. The fourth-order valence-electron chi connectivity index (χ4n) is 8.59. The molecule has 0 aliphatic rings. The molecule has 2 heteroatoms. The predicted octanol–water partition coefficient (Wildman–Crippen LogP) is 14.5. The molecule has 0 bridgehead atoms. The van der Waals surface area contributed by atoms with Gasteiger partial charge in [-0.25, -0.2) is 0 Å². The van der Waals surface area contributed by atoms with Gasteiger partial charge in [0.15, 0.2) is 0 Å². The van der Waals surface area contributed by atoms with Gasteiger partial charge in [0.25, 0.3) is 0 Å². The third-order valence-corrected chi connectivity index (χ3v) is 11.3. The molecule has 9 aromatic carbocycles. The van der Waals surface area contributed by atoms with E-state index in [1.807, 2.05) is 0 Å². The maximum Gasteiger partial charge on any atom is 0.0541 e. The van der Waals surface area contributed by atoms with Crippen LogP contribution in [0.4, 0.5) is 0 Å². The Kier molecular flexibility index (Phi) is 7.53. The van der Waals surface area contributed by atoms with Gasteiger partial charge in [0.05, 0.1) is 22.1 Å². The molecule has 0 spiro atoms. The number of hydrogen-bond donors (Lipinski definition) is 0. The zero-order valence-electron chi connectivity index (χ0n) is 30.7. The molecule has 11 rings (SSSR count). The highest BCUT2D eigenvalue weighted by molar-refractivity contribution is 6.12. The van der Waals surface area contributed by atoms with Crippen LogP contribution in [-0.2, 0) is 0 Å². The van der Waals surface area contributed by atoms with Crippen LogP contribution in [0.1, 0.15) is 0 Å². The van der Waals surface area contributed by atoms with E-state index < -0.39 is 0 Å². The molecule has 0 N–H and O–H groups in total. The Morgan fingerprint density at radius 1 is 0.196 bits per heavy atom. The Balaban J connectivity index is 1.00. The Labute approximate surface area is 325 Å². The lowest BCUT2D eigenvalue weighted by Gasteiger charge is -2.10. The summed E-state index contributed by atoms with van der Waals surface area (Å²) in [4.78, 5) is 0. The number of hydrogen-bond acceptors (Lipinski definition) is 0. The fraction of sp³-hybridized carbons (Fsp3) is 0. The smallest absolute Gasteiger partial charge is 0.0541 e. The molecule has 262 valence electrons. The average molecular weight is 713 g/mol. The summed E-state index contributed by atoms with van der Waals surface area (Å²) in [6, 6.07) is 79.4. The van der Waals surface area contributed by atoms with Crippen molar-refractivity contribution < 1.29 is 0 Å². The molecule has 56 heavy (non-hydrogen) atoms.